The molecule has 0 saturated carbocycles. The summed E-state index contributed by atoms with van der Waals surface area (Å²) in [4.78, 5) is 10.8. The van der Waals surface area contributed by atoms with E-state index in [4.69, 9.17) is 9.84 Å². The van der Waals surface area contributed by atoms with E-state index in [2.05, 4.69) is 10.2 Å². The van der Waals surface area contributed by atoms with Gasteiger partial charge < -0.3 is 9.84 Å². The zero-order valence-electron chi connectivity index (χ0n) is 8.49. The molecular weight excluding hydrogens is 210 g/mol. The van der Waals surface area contributed by atoms with E-state index >= 15 is 0 Å². The third-order valence-electron chi connectivity index (χ3n) is 2.12. The molecule has 1 heterocycles. The second-order valence-electron chi connectivity index (χ2n) is 3.06. The van der Waals surface area contributed by atoms with Gasteiger partial charge in [0.2, 0.25) is 0 Å². The first-order chi connectivity index (χ1) is 7.72. The highest BCUT2D eigenvalue weighted by molar-refractivity contribution is 5.88. The number of carboxylic acids is 1. The lowest BCUT2D eigenvalue weighted by atomic mass is 10.2. The molecule has 0 aliphatic carbocycles. The Kier molecular flexibility index (Phi) is 2.55. The van der Waals surface area contributed by atoms with Gasteiger partial charge in [-0.3, -0.25) is 4.57 Å². The Labute approximate surface area is 91.1 Å². The van der Waals surface area contributed by atoms with Crippen LogP contribution in [0.25, 0.3) is 5.69 Å². The lowest BCUT2D eigenvalue weighted by Crippen LogP contribution is -2.00. The van der Waals surface area contributed by atoms with Crippen molar-refractivity contribution in [1.29, 1.82) is 0 Å². The van der Waals surface area contributed by atoms with Gasteiger partial charge in [0.05, 0.1) is 18.4 Å². The molecule has 82 valence electrons. The molecule has 0 aliphatic heterocycles. The van der Waals surface area contributed by atoms with Gasteiger partial charge in [-0.05, 0) is 18.2 Å². The molecule has 6 nitrogen and oxygen atoms in total. The van der Waals surface area contributed by atoms with Gasteiger partial charge >= 0.3 is 5.97 Å². The van der Waals surface area contributed by atoms with E-state index < -0.39 is 5.97 Å². The summed E-state index contributed by atoms with van der Waals surface area (Å²) in [6, 6.07) is 4.60. The standard InChI is InChI=1S/C10H9N3O3/c1-16-9-4-7(10(14)15)2-3-8(9)13-5-11-12-6-13/h2-6H,1H3,(H,14,15). The van der Waals surface area contributed by atoms with Crippen molar-refractivity contribution in [2.45, 2.75) is 0 Å². The summed E-state index contributed by atoms with van der Waals surface area (Å²) in [6.07, 6.45) is 3.02. The predicted molar refractivity (Wildman–Crippen MR) is 54.9 cm³/mol. The molecule has 1 aromatic carbocycles. The van der Waals surface area contributed by atoms with Crippen molar-refractivity contribution in [1.82, 2.24) is 14.8 Å². The van der Waals surface area contributed by atoms with E-state index in [-0.39, 0.29) is 5.56 Å². The minimum atomic E-state index is -0.992. The number of carboxylic acid groups (broad SMARTS) is 1. The Balaban J connectivity index is 2.51. The molecule has 6 heteroatoms. The lowest BCUT2D eigenvalue weighted by Gasteiger charge is -2.08. The van der Waals surface area contributed by atoms with Crippen molar-refractivity contribution in [2.75, 3.05) is 7.11 Å². The van der Waals surface area contributed by atoms with E-state index in [0.717, 1.165) is 0 Å². The fraction of sp³-hybridized carbons (Fsp3) is 0.100. The molecule has 0 spiro atoms. The fourth-order valence-corrected chi connectivity index (χ4v) is 1.35. The van der Waals surface area contributed by atoms with Crippen molar-refractivity contribution in [3.63, 3.8) is 0 Å². The van der Waals surface area contributed by atoms with Crippen LogP contribution >= 0.6 is 0 Å². The molecule has 0 aliphatic rings. The van der Waals surface area contributed by atoms with E-state index in [9.17, 15) is 4.79 Å². The van der Waals surface area contributed by atoms with Crippen LogP contribution in [0, 0.1) is 0 Å². The van der Waals surface area contributed by atoms with Gasteiger partial charge in [0.25, 0.3) is 0 Å². The Bertz CT molecular complexity index is 508. The first-order valence-corrected chi connectivity index (χ1v) is 4.48. The Morgan fingerprint density at radius 1 is 1.38 bits per heavy atom. The number of rotatable bonds is 3. The van der Waals surface area contributed by atoms with Crippen LogP contribution in [0.1, 0.15) is 10.4 Å². The molecule has 0 atom stereocenters. The largest absolute Gasteiger partial charge is 0.495 e. The Hall–Kier alpha value is -2.37. The fourth-order valence-electron chi connectivity index (χ4n) is 1.35. The molecule has 16 heavy (non-hydrogen) atoms. The maximum absolute atomic E-state index is 10.8. The maximum Gasteiger partial charge on any atom is 0.335 e. The zero-order chi connectivity index (χ0) is 11.5. The van der Waals surface area contributed by atoms with Crippen molar-refractivity contribution < 1.29 is 14.6 Å². The second kappa shape index (κ2) is 4.01. The summed E-state index contributed by atoms with van der Waals surface area (Å²) in [5.74, 6) is -0.534. The smallest absolute Gasteiger partial charge is 0.335 e. The Morgan fingerprint density at radius 2 is 2.06 bits per heavy atom. The molecule has 2 aromatic rings. The quantitative estimate of drug-likeness (QED) is 0.832. The summed E-state index contributed by atoms with van der Waals surface area (Å²) >= 11 is 0. The highest BCUT2D eigenvalue weighted by Gasteiger charge is 2.10. The normalized spacial score (nSPS) is 10.1. The van der Waals surface area contributed by atoms with Crippen molar-refractivity contribution in [3.8, 4) is 11.4 Å². The number of hydrogen-bond acceptors (Lipinski definition) is 4. The van der Waals surface area contributed by atoms with Gasteiger partial charge in [-0.25, -0.2) is 4.79 Å². The zero-order valence-corrected chi connectivity index (χ0v) is 8.49. The molecule has 0 amide bonds. The van der Waals surface area contributed by atoms with E-state index in [0.29, 0.717) is 11.4 Å². The molecule has 0 saturated heterocycles. The molecule has 2 rings (SSSR count). The SMILES string of the molecule is COc1cc(C(=O)O)ccc1-n1cnnc1. The number of carbonyl (C=O) groups is 1. The summed E-state index contributed by atoms with van der Waals surface area (Å²) in [7, 11) is 1.48. The van der Waals surface area contributed by atoms with E-state index in [1.807, 2.05) is 0 Å². The van der Waals surface area contributed by atoms with Gasteiger partial charge in [0.15, 0.2) is 0 Å². The van der Waals surface area contributed by atoms with Crippen LogP contribution < -0.4 is 4.74 Å². The second-order valence-corrected chi connectivity index (χ2v) is 3.06. The van der Waals surface area contributed by atoms with Crippen LogP contribution in [0.5, 0.6) is 5.75 Å². The molecule has 0 radical (unpaired) electrons. The molecule has 0 unspecified atom stereocenters. The van der Waals surface area contributed by atoms with Gasteiger partial charge in [-0.15, -0.1) is 10.2 Å². The molecule has 0 bridgehead atoms. The molecule has 1 aromatic heterocycles. The first-order valence-electron chi connectivity index (χ1n) is 4.48. The molecular formula is C10H9N3O3. The third-order valence-corrected chi connectivity index (χ3v) is 2.12. The highest BCUT2D eigenvalue weighted by Crippen LogP contribution is 2.23. The number of methoxy groups -OCH3 is 1. The average molecular weight is 219 g/mol. The number of aromatic nitrogens is 3. The predicted octanol–water partition coefficient (Wildman–Crippen LogP) is 0.974. The Morgan fingerprint density at radius 3 is 2.62 bits per heavy atom. The highest BCUT2D eigenvalue weighted by atomic mass is 16.5. The summed E-state index contributed by atoms with van der Waals surface area (Å²) in [5.41, 5.74) is 0.867. The summed E-state index contributed by atoms with van der Waals surface area (Å²) < 4.78 is 6.76. The van der Waals surface area contributed by atoms with Crippen LogP contribution in [0.4, 0.5) is 0 Å². The topological polar surface area (TPSA) is 77.2 Å². The van der Waals surface area contributed by atoms with Crippen molar-refractivity contribution in [3.05, 3.63) is 36.4 Å². The van der Waals surface area contributed by atoms with Crippen LogP contribution in [-0.4, -0.2) is 33.0 Å². The van der Waals surface area contributed by atoms with Crippen molar-refractivity contribution in [2.24, 2.45) is 0 Å². The van der Waals surface area contributed by atoms with Crippen LogP contribution in [0.3, 0.4) is 0 Å². The van der Waals surface area contributed by atoms with Gasteiger partial charge in [0, 0.05) is 0 Å². The summed E-state index contributed by atoms with van der Waals surface area (Å²) in [5, 5.41) is 16.2. The van der Waals surface area contributed by atoms with Crippen molar-refractivity contribution >= 4 is 5.97 Å². The first kappa shape index (κ1) is 10.2. The number of benzene rings is 1. The van der Waals surface area contributed by atoms with Crippen LogP contribution in [0.15, 0.2) is 30.9 Å². The average Bonchev–Trinajstić information content (AvgIpc) is 2.81. The van der Waals surface area contributed by atoms with Gasteiger partial charge in [0.1, 0.15) is 18.4 Å². The van der Waals surface area contributed by atoms with E-state index in [1.165, 1.54) is 31.9 Å². The monoisotopic (exact) mass is 219 g/mol. The third kappa shape index (κ3) is 1.72. The van der Waals surface area contributed by atoms with Crippen LogP contribution in [-0.2, 0) is 0 Å². The summed E-state index contributed by atoms with van der Waals surface area (Å²) in [6.45, 7) is 0. The van der Waals surface area contributed by atoms with Gasteiger partial charge in [-0.2, -0.15) is 0 Å². The minimum absolute atomic E-state index is 0.175. The number of ether oxygens (including phenoxy) is 1. The number of hydrogen-bond donors (Lipinski definition) is 1. The molecule has 0 fully saturated rings. The number of aromatic carboxylic acids is 1. The lowest BCUT2D eigenvalue weighted by molar-refractivity contribution is 0.0696. The molecule has 1 N–H and O–H groups in total. The van der Waals surface area contributed by atoms with Crippen LogP contribution in [0.2, 0.25) is 0 Å². The number of nitrogens with zero attached hydrogens (tertiary/aromatic N) is 3. The maximum atomic E-state index is 10.8. The van der Waals surface area contributed by atoms with Gasteiger partial charge in [-0.1, -0.05) is 0 Å². The minimum Gasteiger partial charge on any atom is -0.495 e. The van der Waals surface area contributed by atoms with E-state index in [1.54, 1.807) is 10.6 Å².